The zero-order valence-corrected chi connectivity index (χ0v) is 12.5. The smallest absolute Gasteiger partial charge is 0.122 e. The van der Waals surface area contributed by atoms with E-state index in [1.165, 1.54) is 64.2 Å². The fraction of sp³-hybridized carbons (Fsp3) is 0.824. The third-order valence-corrected chi connectivity index (χ3v) is 3.40. The second-order valence-electron chi connectivity index (χ2n) is 5.43. The van der Waals surface area contributed by atoms with Crippen LogP contribution < -0.4 is 0 Å². The number of rotatable bonds is 13. The van der Waals surface area contributed by atoms with Crippen LogP contribution in [-0.2, 0) is 4.79 Å². The molecule has 0 bridgehead atoms. The Morgan fingerprint density at radius 1 is 0.833 bits per heavy atom. The molecular weight excluding hydrogens is 220 g/mol. The zero-order valence-electron chi connectivity index (χ0n) is 12.5. The molecule has 1 atom stereocenters. The molecule has 1 heteroatoms. The molecule has 1 unspecified atom stereocenters. The van der Waals surface area contributed by atoms with Crippen molar-refractivity contribution < 1.29 is 4.79 Å². The molecule has 0 rings (SSSR count). The molecular formula is C17H32O. The number of hydrogen-bond donors (Lipinski definition) is 0. The molecule has 0 N–H and O–H groups in total. The number of aldehydes is 1. The van der Waals surface area contributed by atoms with E-state index in [0.717, 1.165) is 12.7 Å². The Hall–Kier alpha value is -0.590. The molecule has 0 heterocycles. The minimum Gasteiger partial charge on any atom is -0.303 e. The van der Waals surface area contributed by atoms with Crippen LogP contribution in [0.2, 0.25) is 0 Å². The SMILES string of the molecule is CCCCCCCC=CCCCCCC(C)C=O. The van der Waals surface area contributed by atoms with Gasteiger partial charge in [-0.3, -0.25) is 0 Å². The summed E-state index contributed by atoms with van der Waals surface area (Å²) in [4.78, 5) is 10.4. The van der Waals surface area contributed by atoms with Crippen molar-refractivity contribution in [2.24, 2.45) is 5.92 Å². The monoisotopic (exact) mass is 252 g/mol. The topological polar surface area (TPSA) is 17.1 Å². The van der Waals surface area contributed by atoms with Crippen LogP contribution in [0.3, 0.4) is 0 Å². The largest absolute Gasteiger partial charge is 0.303 e. The minimum atomic E-state index is 0.253. The first kappa shape index (κ1) is 17.4. The molecule has 0 spiro atoms. The van der Waals surface area contributed by atoms with E-state index in [0.29, 0.717) is 0 Å². The quantitative estimate of drug-likeness (QED) is 0.234. The summed E-state index contributed by atoms with van der Waals surface area (Å²) in [6.45, 7) is 4.27. The van der Waals surface area contributed by atoms with Crippen molar-refractivity contribution in [2.75, 3.05) is 0 Å². The lowest BCUT2D eigenvalue weighted by Crippen LogP contribution is -1.94. The van der Waals surface area contributed by atoms with Gasteiger partial charge in [0.25, 0.3) is 0 Å². The summed E-state index contributed by atoms with van der Waals surface area (Å²) in [5, 5.41) is 0. The first-order valence-electron chi connectivity index (χ1n) is 7.91. The summed E-state index contributed by atoms with van der Waals surface area (Å²) >= 11 is 0. The standard InChI is InChI=1S/C17H32O/c1-3-4-5-6-7-8-9-10-11-12-13-14-15-17(2)16-18/h9-10,16-17H,3-8,11-15H2,1-2H3. The number of hydrogen-bond acceptors (Lipinski definition) is 1. The molecule has 0 saturated heterocycles. The molecule has 0 amide bonds. The maximum atomic E-state index is 10.4. The third-order valence-electron chi connectivity index (χ3n) is 3.40. The number of carbonyl (C=O) groups is 1. The van der Waals surface area contributed by atoms with Crippen molar-refractivity contribution in [3.05, 3.63) is 12.2 Å². The van der Waals surface area contributed by atoms with Gasteiger partial charge in [0.2, 0.25) is 0 Å². The first-order valence-corrected chi connectivity index (χ1v) is 7.91. The van der Waals surface area contributed by atoms with Crippen LogP contribution in [0.25, 0.3) is 0 Å². The number of unbranched alkanes of at least 4 members (excludes halogenated alkanes) is 8. The first-order chi connectivity index (χ1) is 8.81. The van der Waals surface area contributed by atoms with Crippen LogP contribution in [0.4, 0.5) is 0 Å². The summed E-state index contributed by atoms with van der Waals surface area (Å²) in [5.74, 6) is 0.253. The molecule has 106 valence electrons. The van der Waals surface area contributed by atoms with Gasteiger partial charge in [0.15, 0.2) is 0 Å². The zero-order chi connectivity index (χ0) is 13.5. The highest BCUT2D eigenvalue weighted by Gasteiger charge is 1.97. The van der Waals surface area contributed by atoms with Gasteiger partial charge >= 0.3 is 0 Å². The highest BCUT2D eigenvalue weighted by molar-refractivity contribution is 5.52. The van der Waals surface area contributed by atoms with Crippen LogP contribution in [0, 0.1) is 5.92 Å². The molecule has 0 aromatic rings. The average Bonchev–Trinajstić information content (AvgIpc) is 2.39. The fourth-order valence-electron chi connectivity index (χ4n) is 2.07. The molecule has 18 heavy (non-hydrogen) atoms. The van der Waals surface area contributed by atoms with Crippen molar-refractivity contribution in [3.8, 4) is 0 Å². The van der Waals surface area contributed by atoms with Crippen LogP contribution in [-0.4, -0.2) is 6.29 Å². The summed E-state index contributed by atoms with van der Waals surface area (Å²) < 4.78 is 0. The van der Waals surface area contributed by atoms with Gasteiger partial charge in [-0.1, -0.05) is 64.5 Å². The predicted octanol–water partition coefficient (Wildman–Crippen LogP) is 5.69. The maximum Gasteiger partial charge on any atom is 0.122 e. The van der Waals surface area contributed by atoms with Gasteiger partial charge in [0.1, 0.15) is 6.29 Å². The van der Waals surface area contributed by atoms with Crippen LogP contribution in [0.5, 0.6) is 0 Å². The minimum absolute atomic E-state index is 0.253. The van der Waals surface area contributed by atoms with Crippen molar-refractivity contribution in [3.63, 3.8) is 0 Å². The van der Waals surface area contributed by atoms with E-state index in [-0.39, 0.29) is 5.92 Å². The van der Waals surface area contributed by atoms with E-state index in [1.807, 2.05) is 6.92 Å². The van der Waals surface area contributed by atoms with Gasteiger partial charge in [-0.05, 0) is 32.1 Å². The van der Waals surface area contributed by atoms with Gasteiger partial charge in [0.05, 0.1) is 0 Å². The summed E-state index contributed by atoms with van der Waals surface area (Å²) in [6, 6.07) is 0. The third kappa shape index (κ3) is 13.5. The van der Waals surface area contributed by atoms with Crippen molar-refractivity contribution in [1.29, 1.82) is 0 Å². The summed E-state index contributed by atoms with van der Waals surface area (Å²) in [7, 11) is 0. The molecule has 0 aliphatic rings. The number of carbonyl (C=O) groups excluding carboxylic acids is 1. The highest BCUT2D eigenvalue weighted by Crippen LogP contribution is 2.10. The van der Waals surface area contributed by atoms with Crippen molar-refractivity contribution in [1.82, 2.24) is 0 Å². The van der Waals surface area contributed by atoms with Gasteiger partial charge in [0, 0.05) is 5.92 Å². The fourth-order valence-corrected chi connectivity index (χ4v) is 2.07. The summed E-state index contributed by atoms with van der Waals surface area (Å²) in [6.07, 6.45) is 19.9. The lowest BCUT2D eigenvalue weighted by molar-refractivity contribution is -0.110. The second-order valence-corrected chi connectivity index (χ2v) is 5.43. The maximum absolute atomic E-state index is 10.4. The molecule has 0 fully saturated rings. The van der Waals surface area contributed by atoms with E-state index in [1.54, 1.807) is 0 Å². The Kier molecular flexibility index (Phi) is 14.0. The molecule has 0 saturated carbocycles. The van der Waals surface area contributed by atoms with Crippen molar-refractivity contribution in [2.45, 2.75) is 84.5 Å². The normalized spacial score (nSPS) is 13.0. The Balaban J connectivity index is 3.11. The van der Waals surface area contributed by atoms with Gasteiger partial charge in [-0.15, -0.1) is 0 Å². The predicted molar refractivity (Wildman–Crippen MR) is 80.8 cm³/mol. The molecule has 1 nitrogen and oxygen atoms in total. The van der Waals surface area contributed by atoms with Crippen LogP contribution >= 0.6 is 0 Å². The van der Waals surface area contributed by atoms with E-state index in [2.05, 4.69) is 19.1 Å². The lowest BCUT2D eigenvalue weighted by atomic mass is 10.0. The molecule has 0 radical (unpaired) electrons. The van der Waals surface area contributed by atoms with Crippen LogP contribution in [0.15, 0.2) is 12.2 Å². The Labute approximate surface area is 114 Å². The van der Waals surface area contributed by atoms with Gasteiger partial charge < -0.3 is 4.79 Å². The average molecular weight is 252 g/mol. The van der Waals surface area contributed by atoms with E-state index < -0.39 is 0 Å². The van der Waals surface area contributed by atoms with Gasteiger partial charge in [-0.2, -0.15) is 0 Å². The second kappa shape index (κ2) is 14.5. The molecule has 0 aromatic heterocycles. The Bertz CT molecular complexity index is 196. The molecule has 0 aromatic carbocycles. The Morgan fingerprint density at radius 2 is 1.39 bits per heavy atom. The number of allylic oxidation sites excluding steroid dienone is 2. The summed E-state index contributed by atoms with van der Waals surface area (Å²) in [5.41, 5.74) is 0. The lowest BCUT2D eigenvalue weighted by Gasteiger charge is -2.01. The highest BCUT2D eigenvalue weighted by atomic mass is 16.1. The van der Waals surface area contributed by atoms with E-state index in [4.69, 9.17) is 0 Å². The molecule has 0 aliphatic carbocycles. The van der Waals surface area contributed by atoms with E-state index >= 15 is 0 Å². The Morgan fingerprint density at radius 3 is 1.94 bits per heavy atom. The van der Waals surface area contributed by atoms with Gasteiger partial charge in [-0.25, -0.2) is 0 Å². The molecule has 0 aliphatic heterocycles. The van der Waals surface area contributed by atoms with Crippen LogP contribution in [0.1, 0.15) is 84.5 Å². The van der Waals surface area contributed by atoms with E-state index in [9.17, 15) is 4.79 Å². The van der Waals surface area contributed by atoms with Crippen molar-refractivity contribution >= 4 is 6.29 Å².